The van der Waals surface area contributed by atoms with Gasteiger partial charge in [0.2, 0.25) is 5.90 Å². The fraction of sp³-hybridized carbons (Fsp3) is 0.267. The van der Waals surface area contributed by atoms with Crippen molar-refractivity contribution in [3.05, 3.63) is 45.7 Å². The van der Waals surface area contributed by atoms with E-state index in [1.54, 1.807) is 43.6 Å². The van der Waals surface area contributed by atoms with E-state index in [9.17, 15) is 8.42 Å². The summed E-state index contributed by atoms with van der Waals surface area (Å²) in [6, 6.07) is 8.31. The highest BCUT2D eigenvalue weighted by Crippen LogP contribution is 2.31. The Balaban J connectivity index is 2.02. The molecule has 0 fully saturated rings. The highest BCUT2D eigenvalue weighted by molar-refractivity contribution is 14.1. The fourth-order valence-corrected chi connectivity index (χ4v) is 4.65. The Morgan fingerprint density at radius 1 is 1.29 bits per heavy atom. The van der Waals surface area contributed by atoms with Crippen LogP contribution >= 0.6 is 22.6 Å². The second-order valence-electron chi connectivity index (χ2n) is 4.95. The Labute approximate surface area is 153 Å². The third kappa shape index (κ3) is 3.15. The van der Waals surface area contributed by atoms with Gasteiger partial charge in [0, 0.05) is 16.9 Å². The summed E-state index contributed by atoms with van der Waals surface area (Å²) in [5.74, 6) is 0.887. The molecule has 0 bridgehead atoms. The predicted octanol–water partition coefficient (Wildman–Crippen LogP) is 2.12. The van der Waals surface area contributed by atoms with E-state index in [0.29, 0.717) is 30.5 Å². The number of ether oxygens (including phenoxy) is 2. The number of fused-ring (bicyclic) bond motifs is 1. The lowest BCUT2D eigenvalue weighted by molar-refractivity contribution is 0.141. The molecule has 1 aromatic carbocycles. The van der Waals surface area contributed by atoms with E-state index in [1.165, 1.54) is 3.97 Å². The van der Waals surface area contributed by atoms with Gasteiger partial charge in [0.25, 0.3) is 10.0 Å². The Kier molecular flexibility index (Phi) is 5.11. The van der Waals surface area contributed by atoms with Gasteiger partial charge in [-0.15, -0.1) is 0 Å². The van der Waals surface area contributed by atoms with Crippen molar-refractivity contribution in [3.63, 3.8) is 0 Å². The summed E-state index contributed by atoms with van der Waals surface area (Å²) in [6.07, 6.45) is 1.57. The molecular weight excluding hydrogens is 445 g/mol. The van der Waals surface area contributed by atoms with Gasteiger partial charge >= 0.3 is 0 Å². The summed E-state index contributed by atoms with van der Waals surface area (Å²) in [5.41, 5.74) is 0.650. The van der Waals surface area contributed by atoms with Gasteiger partial charge in [-0.2, -0.15) is 0 Å². The van der Waals surface area contributed by atoms with Crippen LogP contribution in [0.25, 0.3) is 0 Å². The second-order valence-corrected chi connectivity index (χ2v) is 7.93. The van der Waals surface area contributed by atoms with Gasteiger partial charge in [0.05, 0.1) is 17.1 Å². The van der Waals surface area contributed by atoms with Crippen LogP contribution in [0.3, 0.4) is 0 Å². The molecule has 3 rings (SSSR count). The molecule has 128 valence electrons. The van der Waals surface area contributed by atoms with E-state index in [2.05, 4.69) is 32.9 Å². The molecule has 0 atom stereocenters. The molecule has 0 aliphatic carbocycles. The minimum Gasteiger partial charge on any atom is -0.475 e. The highest BCUT2D eigenvalue weighted by Gasteiger charge is 2.29. The number of aromatic nitrogens is 1. The van der Waals surface area contributed by atoms with Crippen LogP contribution in [-0.2, 0) is 19.5 Å². The SMILES string of the molecule is COCCOC1=NCNc2c1c(I)cn2S(=O)(=O)c1ccccc1. The number of halogens is 1. The van der Waals surface area contributed by atoms with Gasteiger partial charge in [-0.3, -0.25) is 0 Å². The topological polar surface area (TPSA) is 81.9 Å². The lowest BCUT2D eigenvalue weighted by Crippen LogP contribution is -2.23. The van der Waals surface area contributed by atoms with Gasteiger partial charge in [0.15, 0.2) is 0 Å². The number of nitrogens with zero attached hydrogens (tertiary/aromatic N) is 2. The smallest absolute Gasteiger partial charge is 0.269 e. The number of nitrogens with one attached hydrogen (secondary N) is 1. The number of hydrogen-bond acceptors (Lipinski definition) is 6. The summed E-state index contributed by atoms with van der Waals surface area (Å²) in [4.78, 5) is 4.51. The Morgan fingerprint density at radius 2 is 2.04 bits per heavy atom. The van der Waals surface area contributed by atoms with Crippen molar-refractivity contribution in [2.75, 3.05) is 32.3 Å². The number of aliphatic imine (C=N–C) groups is 1. The minimum absolute atomic E-state index is 0.227. The maximum absolute atomic E-state index is 12.9. The maximum Gasteiger partial charge on any atom is 0.269 e. The summed E-state index contributed by atoms with van der Waals surface area (Å²) >= 11 is 2.08. The first-order chi connectivity index (χ1) is 11.6. The van der Waals surface area contributed by atoms with E-state index in [-0.39, 0.29) is 11.6 Å². The van der Waals surface area contributed by atoms with E-state index in [1.807, 2.05) is 0 Å². The summed E-state index contributed by atoms with van der Waals surface area (Å²) in [5, 5.41) is 3.03. The molecule has 2 aromatic rings. The lowest BCUT2D eigenvalue weighted by atomic mass is 10.3. The summed E-state index contributed by atoms with van der Waals surface area (Å²) < 4.78 is 38.4. The molecule has 7 nitrogen and oxygen atoms in total. The quantitative estimate of drug-likeness (QED) is 0.545. The number of rotatable bonds is 5. The van der Waals surface area contributed by atoms with Crippen molar-refractivity contribution in [1.29, 1.82) is 0 Å². The molecule has 1 aliphatic rings. The van der Waals surface area contributed by atoms with Crippen molar-refractivity contribution < 1.29 is 17.9 Å². The molecule has 0 saturated heterocycles. The first-order valence-electron chi connectivity index (χ1n) is 7.17. The molecule has 0 radical (unpaired) electrons. The largest absolute Gasteiger partial charge is 0.475 e. The molecule has 2 heterocycles. The second kappa shape index (κ2) is 7.11. The molecule has 0 saturated carbocycles. The maximum atomic E-state index is 12.9. The molecule has 0 unspecified atom stereocenters. The number of methoxy groups -OCH3 is 1. The van der Waals surface area contributed by atoms with E-state index >= 15 is 0 Å². The van der Waals surface area contributed by atoms with Crippen LogP contribution in [0.4, 0.5) is 5.82 Å². The van der Waals surface area contributed by atoms with Gasteiger partial charge < -0.3 is 14.8 Å². The molecule has 0 spiro atoms. The zero-order chi connectivity index (χ0) is 17.2. The van der Waals surface area contributed by atoms with Crippen LogP contribution in [0.5, 0.6) is 0 Å². The standard InChI is InChI=1S/C15H16IN3O4S/c1-22-7-8-23-15-13-12(16)9-19(14(13)17-10-18-15)24(20,21)11-5-3-2-4-6-11/h2-6,9,17H,7-8,10H2,1H3. The third-order valence-corrected chi connectivity index (χ3v) is 5.93. The monoisotopic (exact) mass is 461 g/mol. The van der Waals surface area contributed by atoms with E-state index in [0.717, 1.165) is 3.57 Å². The third-order valence-electron chi connectivity index (χ3n) is 3.44. The molecule has 1 aliphatic heterocycles. The average molecular weight is 461 g/mol. The van der Waals surface area contributed by atoms with Crippen LogP contribution in [0.1, 0.15) is 5.56 Å². The van der Waals surface area contributed by atoms with Crippen molar-refractivity contribution in [1.82, 2.24) is 3.97 Å². The normalized spacial score (nSPS) is 13.8. The zero-order valence-electron chi connectivity index (χ0n) is 12.9. The summed E-state index contributed by atoms with van der Waals surface area (Å²) in [7, 11) is -2.11. The van der Waals surface area contributed by atoms with Gasteiger partial charge in [-0.1, -0.05) is 18.2 Å². The van der Waals surface area contributed by atoms with Crippen LogP contribution < -0.4 is 5.32 Å². The number of hydrogen-bond donors (Lipinski definition) is 1. The fourth-order valence-electron chi connectivity index (χ4n) is 2.33. The number of benzene rings is 1. The average Bonchev–Trinajstić information content (AvgIpc) is 2.95. The molecule has 9 heteroatoms. The molecule has 1 aromatic heterocycles. The van der Waals surface area contributed by atoms with Crippen LogP contribution in [0, 0.1) is 3.57 Å². The summed E-state index contributed by atoms with van der Waals surface area (Å²) in [6.45, 7) is 1.03. The van der Waals surface area contributed by atoms with E-state index < -0.39 is 10.0 Å². The van der Waals surface area contributed by atoms with Gasteiger partial charge in [-0.25, -0.2) is 17.4 Å². The van der Waals surface area contributed by atoms with Crippen molar-refractivity contribution in [2.45, 2.75) is 4.90 Å². The molecule has 24 heavy (non-hydrogen) atoms. The number of anilines is 1. The Morgan fingerprint density at radius 3 is 2.75 bits per heavy atom. The predicted molar refractivity (Wildman–Crippen MR) is 99.0 cm³/mol. The van der Waals surface area contributed by atoms with Crippen LogP contribution in [0.15, 0.2) is 46.4 Å². The van der Waals surface area contributed by atoms with Crippen LogP contribution in [0.2, 0.25) is 0 Å². The van der Waals surface area contributed by atoms with Crippen molar-refractivity contribution in [3.8, 4) is 0 Å². The molecular formula is C15H16IN3O4S. The molecule has 1 N–H and O–H groups in total. The lowest BCUT2D eigenvalue weighted by Gasteiger charge is -2.18. The zero-order valence-corrected chi connectivity index (χ0v) is 15.9. The van der Waals surface area contributed by atoms with Gasteiger partial charge in [0.1, 0.15) is 19.1 Å². The van der Waals surface area contributed by atoms with Crippen molar-refractivity contribution >= 4 is 44.3 Å². The van der Waals surface area contributed by atoms with Crippen molar-refractivity contribution in [2.24, 2.45) is 4.99 Å². The first-order valence-corrected chi connectivity index (χ1v) is 9.69. The van der Waals surface area contributed by atoms with E-state index in [4.69, 9.17) is 9.47 Å². The Hall–Kier alpha value is -1.59. The first kappa shape index (κ1) is 17.2. The van der Waals surface area contributed by atoms with Crippen LogP contribution in [-0.4, -0.2) is 45.3 Å². The molecule has 0 amide bonds. The minimum atomic E-state index is -3.69. The Bertz CT molecular complexity index is 862. The highest BCUT2D eigenvalue weighted by atomic mass is 127. The van der Waals surface area contributed by atoms with Gasteiger partial charge in [-0.05, 0) is 34.7 Å².